The largest absolute Gasteiger partial charge is 0.465 e. The summed E-state index contributed by atoms with van der Waals surface area (Å²) in [4.78, 5) is 29.3. The van der Waals surface area contributed by atoms with Gasteiger partial charge in [0.2, 0.25) is 5.91 Å². The lowest BCUT2D eigenvalue weighted by Gasteiger charge is -2.26. The van der Waals surface area contributed by atoms with Crippen molar-refractivity contribution in [2.75, 3.05) is 36.9 Å². The molecule has 1 fully saturated rings. The van der Waals surface area contributed by atoms with Crippen molar-refractivity contribution in [3.05, 3.63) is 66.5 Å². The van der Waals surface area contributed by atoms with Crippen LogP contribution in [0.15, 0.2) is 65.8 Å². The minimum Gasteiger partial charge on any atom is -0.465 e. The molecule has 0 atom stereocenters. The Morgan fingerprint density at radius 1 is 0.971 bits per heavy atom. The van der Waals surface area contributed by atoms with Crippen molar-refractivity contribution < 1.29 is 14.3 Å². The summed E-state index contributed by atoms with van der Waals surface area (Å²) in [5.74, 6) is 0.336. The molecular formula is C26H31N5O3S. The van der Waals surface area contributed by atoms with E-state index < -0.39 is 5.97 Å². The molecule has 1 amide bonds. The first-order valence-electron chi connectivity index (χ1n) is 12.0. The number of esters is 1. The zero-order valence-electron chi connectivity index (χ0n) is 20.0. The Labute approximate surface area is 210 Å². The lowest BCUT2D eigenvalue weighted by molar-refractivity contribution is -0.142. The molecule has 0 bridgehead atoms. The summed E-state index contributed by atoms with van der Waals surface area (Å²) in [7, 11) is 0. The Kier molecular flexibility index (Phi) is 8.91. The second-order valence-corrected chi connectivity index (χ2v) is 9.26. The molecule has 1 saturated heterocycles. The fourth-order valence-electron chi connectivity index (χ4n) is 4.12. The van der Waals surface area contributed by atoms with Crippen molar-refractivity contribution in [3.8, 4) is 5.69 Å². The molecule has 9 heteroatoms. The van der Waals surface area contributed by atoms with Crippen molar-refractivity contribution in [3.63, 3.8) is 0 Å². The molecule has 0 radical (unpaired) electrons. The van der Waals surface area contributed by atoms with Gasteiger partial charge in [-0.25, -0.2) is 0 Å². The SMILES string of the molecule is CCOC(=O)CN(C(=O)CSc1nnc(CN2CCCCC2)n1-c1ccccc1)c1ccccc1. The van der Waals surface area contributed by atoms with E-state index in [0.717, 1.165) is 31.1 Å². The molecule has 0 spiro atoms. The predicted molar refractivity (Wildman–Crippen MR) is 137 cm³/mol. The highest BCUT2D eigenvalue weighted by Crippen LogP contribution is 2.25. The predicted octanol–water partition coefficient (Wildman–Crippen LogP) is 3.94. The number of thioether (sulfide) groups is 1. The van der Waals surface area contributed by atoms with Crippen LogP contribution in [0.5, 0.6) is 0 Å². The van der Waals surface area contributed by atoms with E-state index in [2.05, 4.69) is 15.1 Å². The van der Waals surface area contributed by atoms with Gasteiger partial charge in [0.1, 0.15) is 6.54 Å². The Balaban J connectivity index is 1.53. The maximum absolute atomic E-state index is 13.3. The Bertz CT molecular complexity index is 1100. The third-order valence-corrected chi connectivity index (χ3v) is 6.73. The van der Waals surface area contributed by atoms with Crippen molar-refractivity contribution in [2.45, 2.75) is 37.9 Å². The Morgan fingerprint density at radius 3 is 2.34 bits per heavy atom. The van der Waals surface area contributed by atoms with Gasteiger partial charge in [-0.2, -0.15) is 0 Å². The van der Waals surface area contributed by atoms with Crippen LogP contribution >= 0.6 is 11.8 Å². The van der Waals surface area contributed by atoms with Crippen molar-refractivity contribution >= 4 is 29.3 Å². The maximum atomic E-state index is 13.3. The van der Waals surface area contributed by atoms with E-state index in [4.69, 9.17) is 4.74 Å². The number of benzene rings is 2. The molecule has 0 N–H and O–H groups in total. The molecule has 1 aliphatic heterocycles. The molecule has 3 aromatic rings. The summed E-state index contributed by atoms with van der Waals surface area (Å²) in [6, 6.07) is 19.2. The number of ether oxygens (including phenoxy) is 1. The monoisotopic (exact) mass is 493 g/mol. The lowest BCUT2D eigenvalue weighted by atomic mass is 10.1. The average molecular weight is 494 g/mol. The lowest BCUT2D eigenvalue weighted by Crippen LogP contribution is -2.37. The van der Waals surface area contributed by atoms with E-state index in [0.29, 0.717) is 10.8 Å². The first-order chi connectivity index (χ1) is 17.2. The van der Waals surface area contributed by atoms with E-state index in [1.54, 1.807) is 6.92 Å². The molecular weight excluding hydrogens is 462 g/mol. The van der Waals surface area contributed by atoms with Crippen molar-refractivity contribution in [1.29, 1.82) is 0 Å². The van der Waals surface area contributed by atoms with Gasteiger partial charge in [-0.15, -0.1) is 10.2 Å². The highest BCUT2D eigenvalue weighted by atomic mass is 32.2. The maximum Gasteiger partial charge on any atom is 0.326 e. The molecule has 1 aliphatic rings. The van der Waals surface area contributed by atoms with Crippen LogP contribution in [0.2, 0.25) is 0 Å². The highest BCUT2D eigenvalue weighted by Gasteiger charge is 2.23. The minimum absolute atomic E-state index is 0.114. The summed E-state index contributed by atoms with van der Waals surface area (Å²) in [6.45, 7) is 4.72. The molecule has 0 aliphatic carbocycles. The number of hydrogen-bond donors (Lipinski definition) is 0. The zero-order valence-corrected chi connectivity index (χ0v) is 20.8. The van der Waals surface area contributed by atoms with Crippen LogP contribution in [0.1, 0.15) is 32.0 Å². The van der Waals surface area contributed by atoms with E-state index in [1.165, 1.54) is 35.9 Å². The van der Waals surface area contributed by atoms with E-state index in [-0.39, 0.29) is 24.8 Å². The second-order valence-electron chi connectivity index (χ2n) is 8.32. The highest BCUT2D eigenvalue weighted by molar-refractivity contribution is 7.99. The van der Waals surface area contributed by atoms with Gasteiger partial charge in [0.15, 0.2) is 11.0 Å². The van der Waals surface area contributed by atoms with Gasteiger partial charge in [0.05, 0.1) is 18.9 Å². The number of carbonyl (C=O) groups is 2. The topological polar surface area (TPSA) is 80.6 Å². The second kappa shape index (κ2) is 12.5. The van der Waals surface area contributed by atoms with Crippen LogP contribution in [0.3, 0.4) is 0 Å². The molecule has 35 heavy (non-hydrogen) atoms. The van der Waals surface area contributed by atoms with Crippen molar-refractivity contribution in [1.82, 2.24) is 19.7 Å². The third kappa shape index (κ3) is 6.70. The van der Waals surface area contributed by atoms with E-state index in [9.17, 15) is 9.59 Å². The number of para-hydroxylation sites is 2. The molecule has 1 aromatic heterocycles. The number of likely N-dealkylation sites (tertiary alicyclic amines) is 1. The van der Waals surface area contributed by atoms with Gasteiger partial charge in [-0.3, -0.25) is 19.1 Å². The van der Waals surface area contributed by atoms with Gasteiger partial charge < -0.3 is 9.64 Å². The molecule has 0 saturated carbocycles. The van der Waals surface area contributed by atoms with Crippen LogP contribution in [0.4, 0.5) is 5.69 Å². The number of anilines is 1. The molecule has 2 heterocycles. The minimum atomic E-state index is -0.439. The molecule has 2 aromatic carbocycles. The van der Waals surface area contributed by atoms with Crippen LogP contribution in [-0.2, 0) is 20.9 Å². The van der Waals surface area contributed by atoms with Crippen LogP contribution in [-0.4, -0.2) is 63.5 Å². The quantitative estimate of drug-likeness (QED) is 0.313. The van der Waals surface area contributed by atoms with Crippen molar-refractivity contribution in [2.24, 2.45) is 0 Å². The first kappa shape index (κ1) is 24.9. The number of aromatic nitrogens is 3. The summed E-state index contributed by atoms with van der Waals surface area (Å²) in [5, 5.41) is 9.58. The molecule has 0 unspecified atom stereocenters. The van der Waals surface area contributed by atoms with E-state index in [1.807, 2.05) is 65.2 Å². The van der Waals surface area contributed by atoms with Gasteiger partial charge in [0, 0.05) is 11.4 Å². The van der Waals surface area contributed by atoms with Gasteiger partial charge in [-0.05, 0) is 57.1 Å². The average Bonchev–Trinajstić information content (AvgIpc) is 3.30. The van der Waals surface area contributed by atoms with Crippen LogP contribution in [0, 0.1) is 0 Å². The number of amides is 1. The number of piperidine rings is 1. The number of hydrogen-bond acceptors (Lipinski definition) is 7. The van der Waals surface area contributed by atoms with Gasteiger partial charge in [-0.1, -0.05) is 54.6 Å². The van der Waals surface area contributed by atoms with Crippen LogP contribution in [0.25, 0.3) is 5.69 Å². The number of rotatable bonds is 10. The summed E-state index contributed by atoms with van der Waals surface area (Å²) < 4.78 is 7.12. The first-order valence-corrected chi connectivity index (χ1v) is 13.0. The fraction of sp³-hybridized carbons (Fsp3) is 0.385. The Hall–Kier alpha value is -3.17. The smallest absolute Gasteiger partial charge is 0.326 e. The molecule has 4 rings (SSSR count). The van der Waals surface area contributed by atoms with Gasteiger partial charge in [0.25, 0.3) is 0 Å². The van der Waals surface area contributed by atoms with E-state index >= 15 is 0 Å². The summed E-state index contributed by atoms with van der Waals surface area (Å²) >= 11 is 1.32. The molecule has 8 nitrogen and oxygen atoms in total. The summed E-state index contributed by atoms with van der Waals surface area (Å²) in [5.41, 5.74) is 1.62. The third-order valence-electron chi connectivity index (χ3n) is 5.81. The Morgan fingerprint density at radius 2 is 1.66 bits per heavy atom. The van der Waals surface area contributed by atoms with Gasteiger partial charge >= 0.3 is 5.97 Å². The summed E-state index contributed by atoms with van der Waals surface area (Å²) in [6.07, 6.45) is 3.67. The standard InChI is InChI=1S/C26H31N5O3S/c1-2-34-25(33)19-30(21-12-6-3-7-13-21)24(32)20-35-26-28-27-23(18-29-16-10-5-11-17-29)31(26)22-14-8-4-9-15-22/h3-4,6-9,12-15H,2,5,10-11,16-20H2,1H3. The zero-order chi connectivity index (χ0) is 24.5. The normalized spacial score (nSPS) is 14.0. The number of carbonyl (C=O) groups excluding carboxylic acids is 2. The fourth-order valence-corrected chi connectivity index (χ4v) is 4.97. The molecule has 184 valence electrons. The number of nitrogens with zero attached hydrogens (tertiary/aromatic N) is 5. The van der Waals surface area contributed by atoms with Crippen LogP contribution < -0.4 is 4.90 Å².